The van der Waals surface area contributed by atoms with Crippen LogP contribution < -0.4 is 0 Å². The van der Waals surface area contributed by atoms with Gasteiger partial charge in [0, 0.05) is 0 Å². The fraction of sp³-hybridized carbons (Fsp3) is 1.00. The third kappa shape index (κ3) is 89.6. The van der Waals surface area contributed by atoms with E-state index in [0.717, 1.165) is 11.1 Å². The molecule has 0 aromatic heterocycles. The molecule has 0 unspecified atom stereocenters. The van der Waals surface area contributed by atoms with Crippen LogP contribution in [-0.4, -0.2) is 26.2 Å². The van der Waals surface area contributed by atoms with Crippen LogP contribution >= 0.6 is 28.3 Å². The Labute approximate surface area is 88.3 Å². The van der Waals surface area contributed by atoms with Crippen molar-refractivity contribution >= 4 is 28.3 Å². The number of nitrogens with one attached hydrogen (secondary N) is 4. The van der Waals surface area contributed by atoms with Gasteiger partial charge in [-0.3, -0.25) is 0 Å². The molecule has 0 aliphatic carbocycles. The minimum atomic E-state index is 0.236. The molecule has 0 rings (SSSR count). The van der Waals surface area contributed by atoms with E-state index in [1.807, 2.05) is 0 Å². The first-order valence-corrected chi connectivity index (χ1v) is 7.81. The second kappa shape index (κ2) is 30.2. The van der Waals surface area contributed by atoms with Gasteiger partial charge in [0.05, 0.1) is 0 Å². The maximum absolute atomic E-state index is 6.26. The van der Waals surface area contributed by atoms with Crippen LogP contribution in [0.15, 0.2) is 0 Å². The molecule has 0 saturated heterocycles. The molecule has 4 N–H and O–H groups in total. The molecule has 0 bridgehead atoms. The fourth-order valence-electron chi connectivity index (χ4n) is 0. The molecule has 0 radical (unpaired) electrons. The van der Waals surface area contributed by atoms with Gasteiger partial charge in [-0.05, 0) is 0 Å². The Hall–Kier alpha value is 1.31. The van der Waals surface area contributed by atoms with Gasteiger partial charge in [-0.25, -0.2) is 0 Å². The first kappa shape index (κ1) is 18.2. The Morgan fingerprint density at radius 1 is 0.727 bits per heavy atom. The van der Waals surface area contributed by atoms with E-state index < -0.39 is 0 Å². The summed E-state index contributed by atoms with van der Waals surface area (Å²) in [5, 5.41) is 0. The van der Waals surface area contributed by atoms with Crippen molar-refractivity contribution in [1.82, 2.24) is 0 Å². The normalized spacial score (nSPS) is 7.45. The van der Waals surface area contributed by atoms with E-state index in [0.29, 0.717) is 0 Å². The van der Waals surface area contributed by atoms with Crippen LogP contribution in [-0.2, 0) is 11.1 Å². The van der Waals surface area contributed by atoms with Crippen LogP contribution in [0.2, 0.25) is 0 Å². The minimum absolute atomic E-state index is 0.236. The molecule has 0 amide bonds. The van der Waals surface area contributed by atoms with Gasteiger partial charge in [0.15, 0.2) is 0 Å². The summed E-state index contributed by atoms with van der Waals surface area (Å²) in [6, 6.07) is 0. The van der Waals surface area contributed by atoms with E-state index in [9.17, 15) is 0 Å². The molecule has 74 valence electrons. The predicted octanol–water partition coefficient (Wildman–Crippen LogP) is 3.87. The van der Waals surface area contributed by atoms with Crippen LogP contribution in [0.3, 0.4) is 0 Å². The van der Waals surface area contributed by atoms with Gasteiger partial charge < -0.3 is 22.9 Å². The van der Waals surface area contributed by atoms with Crippen molar-refractivity contribution in [3.8, 4) is 0 Å². The predicted molar refractivity (Wildman–Crippen MR) is 54.6 cm³/mol. The van der Waals surface area contributed by atoms with E-state index in [4.69, 9.17) is 22.9 Å². The van der Waals surface area contributed by atoms with Crippen molar-refractivity contribution in [2.45, 2.75) is 0 Å². The summed E-state index contributed by atoms with van der Waals surface area (Å²) < 4.78 is 0. The van der Waals surface area contributed by atoms with Crippen molar-refractivity contribution in [3.63, 3.8) is 0 Å². The Kier molecular flexibility index (Phi) is 49.9. The molecular weight excluding hydrogens is 323 g/mol. The molecule has 0 aliphatic rings. The Balaban J connectivity index is -0.0000000886. The quantitative estimate of drug-likeness (QED) is 0.732. The smallest absolute Gasteiger partial charge is 0.171 e. The van der Waals surface area contributed by atoms with Crippen molar-refractivity contribution in [2.24, 2.45) is 0 Å². The summed E-state index contributed by atoms with van der Waals surface area (Å²) in [7, 11) is 0. The third-order valence-electron chi connectivity index (χ3n) is 0.250. The van der Waals surface area contributed by atoms with Crippen LogP contribution in [0.5, 0.6) is 0 Å². The first-order chi connectivity index (χ1) is 5.24. The zero-order valence-electron chi connectivity index (χ0n) is 5.92. The molecule has 0 fully saturated rings. The van der Waals surface area contributed by atoms with Gasteiger partial charge in [-0.15, -0.1) is 0 Å². The molecule has 0 aromatic rings. The number of hydrogen-bond donors (Lipinski definition) is 0. The average Bonchev–Trinajstić information content (AvgIpc) is 2.06. The minimum Gasteiger partial charge on any atom is -0.679 e. The zero-order chi connectivity index (χ0) is 9.54. The SMILES string of the molecule is [Br][Co+][Br].[NH-]CC[NH-].[NH-]CC[NH-]. The summed E-state index contributed by atoms with van der Waals surface area (Å²) in [6.45, 7) is 0.944. The molecule has 0 saturated carbocycles. The summed E-state index contributed by atoms with van der Waals surface area (Å²) in [4.78, 5) is 0. The molecule has 0 aromatic carbocycles. The summed E-state index contributed by atoms with van der Waals surface area (Å²) in [5.74, 6) is 0. The molecule has 0 heterocycles. The zero-order valence-corrected chi connectivity index (χ0v) is 10.1. The molecule has 4 nitrogen and oxygen atoms in total. The second-order valence-electron chi connectivity index (χ2n) is 1.05. The summed E-state index contributed by atoms with van der Waals surface area (Å²) in [5.41, 5.74) is 25.1. The average molecular weight is 335 g/mol. The topological polar surface area (TPSA) is 95.2 Å². The van der Waals surface area contributed by atoms with Crippen molar-refractivity contribution in [3.05, 3.63) is 22.9 Å². The van der Waals surface area contributed by atoms with Gasteiger partial charge in [-0.2, -0.15) is 26.2 Å². The maximum atomic E-state index is 6.26. The van der Waals surface area contributed by atoms with E-state index in [2.05, 4.69) is 28.3 Å². The first-order valence-electron chi connectivity index (χ1n) is 2.67. The van der Waals surface area contributed by atoms with Gasteiger partial charge in [-0.1, -0.05) is 0 Å². The summed E-state index contributed by atoms with van der Waals surface area (Å²) in [6.07, 6.45) is 0. The van der Waals surface area contributed by atoms with E-state index in [1.54, 1.807) is 0 Å². The standard InChI is InChI=1S/2C2H6N2.2BrH.Co/c2*3-1-2-4;;;/h2*3-4H,1-2H2;2*1H;/q2*-2;;;+3/p-2. The Morgan fingerprint density at radius 3 is 0.818 bits per heavy atom. The van der Waals surface area contributed by atoms with E-state index in [1.165, 1.54) is 0 Å². The number of rotatable bonds is 2. The number of halogens is 2. The molecular formula is C4H12Br2CoN4-3. The van der Waals surface area contributed by atoms with Gasteiger partial charge in [0.1, 0.15) is 0 Å². The van der Waals surface area contributed by atoms with Gasteiger partial charge in [0.2, 0.25) is 0 Å². The van der Waals surface area contributed by atoms with Crippen molar-refractivity contribution in [2.75, 3.05) is 26.2 Å². The number of hydrogen-bond acceptors (Lipinski definition) is 0. The second-order valence-corrected chi connectivity index (χ2v) is 6.30. The monoisotopic (exact) mass is 333 g/mol. The largest absolute Gasteiger partial charge is 0.679 e. The molecule has 0 aliphatic heterocycles. The molecule has 11 heavy (non-hydrogen) atoms. The van der Waals surface area contributed by atoms with E-state index in [-0.39, 0.29) is 26.2 Å². The van der Waals surface area contributed by atoms with Crippen molar-refractivity contribution < 1.29 is 11.1 Å². The maximum Gasteiger partial charge on any atom is -0.171 e. The third-order valence-corrected chi connectivity index (χ3v) is 0.250. The van der Waals surface area contributed by atoms with Crippen molar-refractivity contribution in [1.29, 1.82) is 0 Å². The fourth-order valence-corrected chi connectivity index (χ4v) is 0. The Morgan fingerprint density at radius 2 is 0.818 bits per heavy atom. The Bertz CT molecular complexity index is 35.3. The van der Waals surface area contributed by atoms with Crippen LogP contribution in [0.1, 0.15) is 0 Å². The van der Waals surface area contributed by atoms with Gasteiger partial charge in [0.25, 0.3) is 0 Å². The van der Waals surface area contributed by atoms with Crippen LogP contribution in [0, 0.1) is 0 Å². The molecule has 0 atom stereocenters. The van der Waals surface area contributed by atoms with E-state index >= 15 is 0 Å². The van der Waals surface area contributed by atoms with Crippen LogP contribution in [0.25, 0.3) is 22.9 Å². The van der Waals surface area contributed by atoms with Gasteiger partial charge >= 0.3 is 39.5 Å². The molecule has 7 heteroatoms. The molecule has 0 spiro atoms. The van der Waals surface area contributed by atoms with Crippen LogP contribution in [0.4, 0.5) is 0 Å². The summed E-state index contributed by atoms with van der Waals surface area (Å²) >= 11 is 7.12.